The summed E-state index contributed by atoms with van der Waals surface area (Å²) in [5, 5.41) is 0. The highest BCUT2D eigenvalue weighted by atomic mass is 127. The standard InChI is InChI=1S/C13H17IO4/c14-9-10-7-12(8-11(15)18-10)3-1-2-4-13(12)16-5-6-17-13/h1-2,10H,3-9H2/t10-,12+/m1/s1. The largest absolute Gasteiger partial charge is 0.462 e. The Labute approximate surface area is 120 Å². The van der Waals surface area contributed by atoms with Crippen molar-refractivity contribution < 1.29 is 19.0 Å². The van der Waals surface area contributed by atoms with Gasteiger partial charge in [-0.2, -0.15) is 0 Å². The van der Waals surface area contributed by atoms with Crippen LogP contribution in [0.3, 0.4) is 0 Å². The molecule has 100 valence electrons. The molecule has 0 radical (unpaired) electrons. The second-order valence-corrected chi connectivity index (χ2v) is 6.14. The Morgan fingerprint density at radius 1 is 1.28 bits per heavy atom. The first-order valence-electron chi connectivity index (χ1n) is 6.38. The lowest BCUT2D eigenvalue weighted by atomic mass is 9.65. The molecule has 18 heavy (non-hydrogen) atoms. The van der Waals surface area contributed by atoms with E-state index in [0.717, 1.165) is 23.7 Å². The van der Waals surface area contributed by atoms with Crippen molar-refractivity contribution in [2.45, 2.75) is 37.6 Å². The average molecular weight is 364 g/mol. The van der Waals surface area contributed by atoms with Crippen molar-refractivity contribution in [2.24, 2.45) is 5.41 Å². The summed E-state index contributed by atoms with van der Waals surface area (Å²) in [6.45, 7) is 1.25. The molecule has 0 aromatic carbocycles. The Kier molecular flexibility index (Phi) is 3.40. The predicted octanol–water partition coefficient (Wildman–Crippen LogP) is 2.21. The summed E-state index contributed by atoms with van der Waals surface area (Å²) in [5.74, 6) is -0.706. The van der Waals surface area contributed by atoms with Crippen LogP contribution >= 0.6 is 22.6 Å². The Balaban J connectivity index is 1.94. The highest BCUT2D eigenvalue weighted by Crippen LogP contribution is 2.54. The summed E-state index contributed by atoms with van der Waals surface area (Å²) in [4.78, 5) is 11.9. The first-order valence-corrected chi connectivity index (χ1v) is 7.91. The summed E-state index contributed by atoms with van der Waals surface area (Å²) in [6, 6.07) is 0. The van der Waals surface area contributed by atoms with Gasteiger partial charge in [-0.3, -0.25) is 4.79 Å². The van der Waals surface area contributed by atoms with E-state index in [1.165, 1.54) is 0 Å². The van der Waals surface area contributed by atoms with E-state index in [-0.39, 0.29) is 17.5 Å². The number of allylic oxidation sites excluding steroid dienone is 1. The molecule has 0 aromatic heterocycles. The number of hydrogen-bond donors (Lipinski definition) is 0. The third kappa shape index (κ3) is 1.91. The van der Waals surface area contributed by atoms with Crippen LogP contribution < -0.4 is 0 Å². The number of rotatable bonds is 1. The third-order valence-corrected chi connectivity index (χ3v) is 5.18. The molecule has 4 nitrogen and oxygen atoms in total. The van der Waals surface area contributed by atoms with Crippen LogP contribution in [0.1, 0.15) is 25.7 Å². The van der Waals surface area contributed by atoms with Gasteiger partial charge in [0.1, 0.15) is 6.10 Å². The summed E-state index contributed by atoms with van der Waals surface area (Å²) >= 11 is 2.27. The number of ether oxygens (including phenoxy) is 3. The van der Waals surface area contributed by atoms with Gasteiger partial charge in [-0.15, -0.1) is 0 Å². The molecule has 0 aromatic rings. The van der Waals surface area contributed by atoms with Gasteiger partial charge in [-0.1, -0.05) is 34.7 Å². The summed E-state index contributed by atoms with van der Waals surface area (Å²) in [7, 11) is 0. The molecule has 3 aliphatic rings. The van der Waals surface area contributed by atoms with Gasteiger partial charge in [-0.05, 0) is 12.8 Å². The number of fused-ring (bicyclic) bond motifs is 1. The molecule has 2 atom stereocenters. The van der Waals surface area contributed by atoms with Crippen molar-refractivity contribution in [1.29, 1.82) is 0 Å². The average Bonchev–Trinajstić information content (AvgIpc) is 2.83. The smallest absolute Gasteiger partial charge is 0.306 e. The number of carbonyl (C=O) groups excluding carboxylic acids is 1. The second kappa shape index (κ2) is 4.76. The van der Waals surface area contributed by atoms with Gasteiger partial charge in [0.15, 0.2) is 5.79 Å². The lowest BCUT2D eigenvalue weighted by molar-refractivity contribution is -0.259. The molecule has 2 heterocycles. The molecule has 3 rings (SSSR count). The summed E-state index contributed by atoms with van der Waals surface area (Å²) < 4.78 is 18.1. The Hall–Kier alpha value is -0.140. The van der Waals surface area contributed by atoms with Gasteiger partial charge in [0, 0.05) is 16.3 Å². The minimum atomic E-state index is -0.592. The molecule has 5 heteroatoms. The number of halogens is 1. The van der Waals surface area contributed by atoms with Gasteiger partial charge < -0.3 is 14.2 Å². The van der Waals surface area contributed by atoms with E-state index in [0.29, 0.717) is 19.6 Å². The van der Waals surface area contributed by atoms with Crippen molar-refractivity contribution in [3.05, 3.63) is 12.2 Å². The van der Waals surface area contributed by atoms with Crippen LogP contribution in [0.4, 0.5) is 0 Å². The molecule has 0 saturated carbocycles. The van der Waals surface area contributed by atoms with Gasteiger partial charge in [0.05, 0.1) is 19.6 Å². The maximum Gasteiger partial charge on any atom is 0.306 e. The minimum Gasteiger partial charge on any atom is -0.462 e. The highest BCUT2D eigenvalue weighted by Gasteiger charge is 2.59. The monoisotopic (exact) mass is 364 g/mol. The molecule has 2 aliphatic heterocycles. The van der Waals surface area contributed by atoms with Crippen molar-refractivity contribution in [2.75, 3.05) is 17.6 Å². The first-order chi connectivity index (χ1) is 8.70. The molecule has 0 amide bonds. The quantitative estimate of drug-likeness (QED) is 0.310. The van der Waals surface area contributed by atoms with Crippen LogP contribution in [0, 0.1) is 5.41 Å². The van der Waals surface area contributed by atoms with Crippen LogP contribution in [0.2, 0.25) is 0 Å². The number of hydrogen-bond acceptors (Lipinski definition) is 4. The summed E-state index contributed by atoms with van der Waals surface area (Å²) in [6.07, 6.45) is 7.08. The Morgan fingerprint density at radius 3 is 2.72 bits per heavy atom. The first kappa shape index (κ1) is 12.9. The zero-order valence-electron chi connectivity index (χ0n) is 10.2. The fraction of sp³-hybridized carbons (Fsp3) is 0.769. The summed E-state index contributed by atoms with van der Waals surface area (Å²) in [5.41, 5.74) is -0.233. The fourth-order valence-electron chi connectivity index (χ4n) is 3.38. The molecule has 0 unspecified atom stereocenters. The second-order valence-electron chi connectivity index (χ2n) is 5.26. The maximum absolute atomic E-state index is 11.9. The lowest BCUT2D eigenvalue weighted by Gasteiger charge is -2.50. The van der Waals surface area contributed by atoms with Crippen LogP contribution in [-0.4, -0.2) is 35.5 Å². The minimum absolute atomic E-state index is 0.0111. The van der Waals surface area contributed by atoms with Crippen molar-refractivity contribution in [3.8, 4) is 0 Å². The molecule has 1 aliphatic carbocycles. The molecule has 2 saturated heterocycles. The van der Waals surface area contributed by atoms with Crippen LogP contribution in [0.15, 0.2) is 12.2 Å². The van der Waals surface area contributed by atoms with Crippen LogP contribution in [0.25, 0.3) is 0 Å². The topological polar surface area (TPSA) is 44.8 Å². The Morgan fingerprint density at radius 2 is 2.00 bits per heavy atom. The van der Waals surface area contributed by atoms with Crippen molar-refractivity contribution in [3.63, 3.8) is 0 Å². The van der Waals surface area contributed by atoms with Gasteiger partial charge in [0.25, 0.3) is 0 Å². The van der Waals surface area contributed by atoms with Gasteiger partial charge in [0.2, 0.25) is 0 Å². The SMILES string of the molecule is O=C1C[C@]2(CC=CCC23OCCO3)C[C@H](CI)O1. The maximum atomic E-state index is 11.9. The molecular formula is C13H17IO4. The van der Waals surface area contributed by atoms with Crippen LogP contribution in [0.5, 0.6) is 0 Å². The van der Waals surface area contributed by atoms with E-state index >= 15 is 0 Å². The van der Waals surface area contributed by atoms with Crippen molar-refractivity contribution >= 4 is 28.6 Å². The van der Waals surface area contributed by atoms with E-state index in [4.69, 9.17) is 14.2 Å². The highest BCUT2D eigenvalue weighted by molar-refractivity contribution is 14.1. The zero-order chi connectivity index (χ0) is 12.6. The zero-order valence-corrected chi connectivity index (χ0v) is 12.4. The van der Waals surface area contributed by atoms with E-state index in [2.05, 4.69) is 34.7 Å². The van der Waals surface area contributed by atoms with Crippen LogP contribution in [-0.2, 0) is 19.0 Å². The third-order valence-electron chi connectivity index (χ3n) is 4.19. The van der Waals surface area contributed by atoms with Crippen molar-refractivity contribution in [1.82, 2.24) is 0 Å². The van der Waals surface area contributed by atoms with Gasteiger partial charge >= 0.3 is 5.97 Å². The normalized spacial score (nSPS) is 38.3. The molecule has 0 N–H and O–H groups in total. The lowest BCUT2D eigenvalue weighted by Crippen LogP contribution is -2.56. The predicted molar refractivity (Wildman–Crippen MR) is 73.4 cm³/mol. The van der Waals surface area contributed by atoms with E-state index in [9.17, 15) is 4.79 Å². The van der Waals surface area contributed by atoms with Gasteiger partial charge in [-0.25, -0.2) is 0 Å². The number of cyclic esters (lactones) is 1. The van der Waals surface area contributed by atoms with E-state index in [1.54, 1.807) is 0 Å². The molecule has 2 fully saturated rings. The molecule has 2 spiro atoms. The Bertz CT molecular complexity index is 375. The van der Waals surface area contributed by atoms with E-state index < -0.39 is 5.79 Å². The number of carbonyl (C=O) groups is 1. The molecular weight excluding hydrogens is 347 g/mol. The fourth-order valence-corrected chi connectivity index (χ4v) is 3.87. The number of esters is 1. The molecule has 0 bridgehead atoms. The number of alkyl halides is 1. The van der Waals surface area contributed by atoms with E-state index in [1.807, 2.05) is 0 Å².